The van der Waals surface area contributed by atoms with Gasteiger partial charge in [-0.15, -0.1) is 0 Å². The number of fused-ring (bicyclic) bond motifs is 1. The number of benzene rings is 1. The highest BCUT2D eigenvalue weighted by molar-refractivity contribution is 6.33. The second-order valence-corrected chi connectivity index (χ2v) is 5.58. The molecule has 0 aliphatic carbocycles. The van der Waals surface area contributed by atoms with Crippen LogP contribution in [0, 0.1) is 13.8 Å². The number of aromatic nitrogens is 3. The van der Waals surface area contributed by atoms with Crippen molar-refractivity contribution >= 4 is 35.1 Å². The van der Waals surface area contributed by atoms with Crippen molar-refractivity contribution < 1.29 is 9.59 Å². The third kappa shape index (κ3) is 2.67. The SMILES string of the molecule is Cc1ccc(NC(=O)C[C@H]2C(=O)Nc3nc(C)nn32)c(Cl)c1. The molecule has 0 fully saturated rings. The molecule has 2 heterocycles. The summed E-state index contributed by atoms with van der Waals surface area (Å²) < 4.78 is 1.44. The molecule has 7 nitrogen and oxygen atoms in total. The number of hydrogen-bond donors (Lipinski definition) is 2. The fraction of sp³-hybridized carbons (Fsp3) is 0.286. The number of aryl methyl sites for hydroxylation is 2. The summed E-state index contributed by atoms with van der Waals surface area (Å²) >= 11 is 6.08. The molecule has 2 aromatic rings. The zero-order chi connectivity index (χ0) is 15.9. The lowest BCUT2D eigenvalue weighted by Crippen LogP contribution is -2.24. The fourth-order valence-electron chi connectivity index (χ4n) is 2.31. The molecule has 0 bridgehead atoms. The van der Waals surface area contributed by atoms with E-state index in [0.717, 1.165) is 5.56 Å². The van der Waals surface area contributed by atoms with Crippen molar-refractivity contribution in [1.29, 1.82) is 0 Å². The highest BCUT2D eigenvalue weighted by Crippen LogP contribution is 2.27. The average molecular weight is 320 g/mol. The number of nitrogens with one attached hydrogen (secondary N) is 2. The standard InChI is InChI=1S/C14H14ClN5O2/c1-7-3-4-10(9(15)5-7)17-12(21)6-11-13(22)18-14-16-8(2)19-20(11)14/h3-5,11H,6H2,1-2H3,(H,17,21)(H,16,18,19,22)/t11-/m0/s1. The molecule has 1 atom stereocenters. The Labute approximate surface area is 131 Å². The van der Waals surface area contributed by atoms with Gasteiger partial charge in [0.2, 0.25) is 11.9 Å². The zero-order valence-corrected chi connectivity index (χ0v) is 12.8. The number of halogens is 1. The molecule has 0 saturated heterocycles. The van der Waals surface area contributed by atoms with E-state index in [4.69, 9.17) is 11.6 Å². The molecule has 1 aromatic heterocycles. The van der Waals surface area contributed by atoms with Crippen molar-refractivity contribution in [2.45, 2.75) is 26.3 Å². The zero-order valence-electron chi connectivity index (χ0n) is 12.1. The average Bonchev–Trinajstić information content (AvgIpc) is 2.91. The molecule has 8 heteroatoms. The summed E-state index contributed by atoms with van der Waals surface area (Å²) in [4.78, 5) is 28.1. The molecular formula is C14H14ClN5O2. The van der Waals surface area contributed by atoms with E-state index in [1.165, 1.54) is 4.68 Å². The molecule has 2 N–H and O–H groups in total. The molecule has 1 aliphatic heterocycles. The number of rotatable bonds is 3. The van der Waals surface area contributed by atoms with Crippen LogP contribution < -0.4 is 10.6 Å². The Morgan fingerprint density at radius 2 is 2.23 bits per heavy atom. The van der Waals surface area contributed by atoms with E-state index in [9.17, 15) is 9.59 Å². The van der Waals surface area contributed by atoms with Crippen molar-refractivity contribution in [2.24, 2.45) is 0 Å². The summed E-state index contributed by atoms with van der Waals surface area (Å²) in [6.07, 6.45) is -0.0359. The largest absolute Gasteiger partial charge is 0.325 e. The molecule has 0 unspecified atom stereocenters. The Kier molecular flexibility index (Phi) is 3.58. The maximum atomic E-state index is 12.2. The van der Waals surface area contributed by atoms with Crippen LogP contribution in [0.5, 0.6) is 0 Å². The second kappa shape index (κ2) is 5.42. The van der Waals surface area contributed by atoms with E-state index in [2.05, 4.69) is 20.7 Å². The molecule has 3 rings (SSSR count). The highest BCUT2D eigenvalue weighted by Gasteiger charge is 2.34. The Bertz CT molecular complexity index is 771. The van der Waals surface area contributed by atoms with Crippen LogP contribution in [-0.2, 0) is 9.59 Å². The molecule has 0 saturated carbocycles. The lowest BCUT2D eigenvalue weighted by atomic mass is 10.2. The summed E-state index contributed by atoms with van der Waals surface area (Å²) in [7, 11) is 0. The normalized spacial score (nSPS) is 16.3. The molecule has 2 amide bonds. The van der Waals surface area contributed by atoms with Gasteiger partial charge in [-0.3, -0.25) is 14.9 Å². The summed E-state index contributed by atoms with van der Waals surface area (Å²) in [6, 6.07) is 4.65. The lowest BCUT2D eigenvalue weighted by molar-refractivity contribution is -0.123. The first-order valence-corrected chi connectivity index (χ1v) is 7.12. The van der Waals surface area contributed by atoms with Gasteiger partial charge >= 0.3 is 0 Å². The minimum atomic E-state index is -0.694. The van der Waals surface area contributed by atoms with Crippen molar-refractivity contribution in [2.75, 3.05) is 10.6 Å². The highest BCUT2D eigenvalue weighted by atomic mass is 35.5. The van der Waals surface area contributed by atoms with E-state index in [-0.39, 0.29) is 18.2 Å². The van der Waals surface area contributed by atoms with Gasteiger partial charge < -0.3 is 5.32 Å². The molecular weight excluding hydrogens is 306 g/mol. The number of hydrogen-bond acceptors (Lipinski definition) is 4. The second-order valence-electron chi connectivity index (χ2n) is 5.17. The van der Waals surface area contributed by atoms with E-state index in [1.54, 1.807) is 19.1 Å². The quantitative estimate of drug-likeness (QED) is 0.906. The topological polar surface area (TPSA) is 88.9 Å². The van der Waals surface area contributed by atoms with Crippen LogP contribution in [0.15, 0.2) is 18.2 Å². The first kappa shape index (κ1) is 14.5. The molecule has 114 valence electrons. The van der Waals surface area contributed by atoms with Gasteiger partial charge in [-0.2, -0.15) is 10.1 Å². The Morgan fingerprint density at radius 3 is 2.95 bits per heavy atom. The number of carbonyl (C=O) groups is 2. The first-order valence-electron chi connectivity index (χ1n) is 6.74. The minimum Gasteiger partial charge on any atom is -0.325 e. The molecule has 0 spiro atoms. The Morgan fingerprint density at radius 1 is 1.45 bits per heavy atom. The van der Waals surface area contributed by atoms with E-state index in [1.807, 2.05) is 13.0 Å². The van der Waals surface area contributed by atoms with Crippen LogP contribution in [-0.4, -0.2) is 26.6 Å². The first-order chi connectivity index (χ1) is 10.4. The van der Waals surface area contributed by atoms with Gasteiger partial charge in [0.25, 0.3) is 5.91 Å². The molecule has 1 aliphatic rings. The maximum absolute atomic E-state index is 12.2. The van der Waals surface area contributed by atoms with E-state index >= 15 is 0 Å². The molecule has 22 heavy (non-hydrogen) atoms. The van der Waals surface area contributed by atoms with Gasteiger partial charge in [0.05, 0.1) is 17.1 Å². The van der Waals surface area contributed by atoms with Gasteiger partial charge in [-0.25, -0.2) is 4.68 Å². The molecule has 0 radical (unpaired) electrons. The number of nitrogens with zero attached hydrogens (tertiary/aromatic N) is 3. The smallest absolute Gasteiger partial charge is 0.252 e. The van der Waals surface area contributed by atoms with Crippen molar-refractivity contribution in [3.8, 4) is 0 Å². The molecule has 1 aromatic carbocycles. The van der Waals surface area contributed by atoms with Crippen LogP contribution in [0.1, 0.15) is 23.9 Å². The van der Waals surface area contributed by atoms with E-state index in [0.29, 0.717) is 22.5 Å². The third-order valence-corrected chi connectivity index (χ3v) is 3.66. The van der Waals surface area contributed by atoms with Crippen LogP contribution in [0.25, 0.3) is 0 Å². The minimum absolute atomic E-state index is 0.0359. The monoisotopic (exact) mass is 319 g/mol. The van der Waals surface area contributed by atoms with Crippen molar-refractivity contribution in [3.63, 3.8) is 0 Å². The predicted octanol–water partition coefficient (Wildman–Crippen LogP) is 2.07. The maximum Gasteiger partial charge on any atom is 0.252 e. The summed E-state index contributed by atoms with van der Waals surface area (Å²) in [6.45, 7) is 3.63. The summed E-state index contributed by atoms with van der Waals surface area (Å²) in [5.74, 6) is 0.308. The lowest BCUT2D eigenvalue weighted by Gasteiger charge is -2.11. The Balaban J connectivity index is 1.73. The third-order valence-electron chi connectivity index (χ3n) is 3.35. The summed E-state index contributed by atoms with van der Waals surface area (Å²) in [5.41, 5.74) is 1.52. The van der Waals surface area contributed by atoms with E-state index < -0.39 is 6.04 Å². The van der Waals surface area contributed by atoms with Crippen LogP contribution in [0.3, 0.4) is 0 Å². The van der Waals surface area contributed by atoms with Crippen LogP contribution >= 0.6 is 11.6 Å². The summed E-state index contributed by atoms with van der Waals surface area (Å²) in [5, 5.41) is 9.90. The van der Waals surface area contributed by atoms with Crippen molar-refractivity contribution in [3.05, 3.63) is 34.6 Å². The Hall–Kier alpha value is -2.41. The fourth-order valence-corrected chi connectivity index (χ4v) is 2.60. The van der Waals surface area contributed by atoms with Gasteiger partial charge in [0.1, 0.15) is 11.9 Å². The van der Waals surface area contributed by atoms with Crippen LogP contribution in [0.4, 0.5) is 11.6 Å². The predicted molar refractivity (Wildman–Crippen MR) is 81.9 cm³/mol. The number of anilines is 2. The van der Waals surface area contributed by atoms with Gasteiger partial charge in [0.15, 0.2) is 0 Å². The number of carbonyl (C=O) groups excluding carboxylic acids is 2. The van der Waals surface area contributed by atoms with Gasteiger partial charge in [0, 0.05) is 0 Å². The van der Waals surface area contributed by atoms with Gasteiger partial charge in [-0.05, 0) is 31.5 Å². The van der Waals surface area contributed by atoms with Gasteiger partial charge in [-0.1, -0.05) is 17.7 Å². The number of amides is 2. The van der Waals surface area contributed by atoms with Crippen molar-refractivity contribution in [1.82, 2.24) is 14.8 Å². The van der Waals surface area contributed by atoms with Crippen LogP contribution in [0.2, 0.25) is 5.02 Å².